The number of hydrogen-bond acceptors (Lipinski definition) is 2. The van der Waals surface area contributed by atoms with Crippen LogP contribution in [0.5, 0.6) is 0 Å². The maximum absolute atomic E-state index is 12.1. The number of carbonyl (C=O) groups excluding carboxylic acids is 1. The third-order valence-corrected chi connectivity index (χ3v) is 4.22. The molecule has 0 radical (unpaired) electrons. The van der Waals surface area contributed by atoms with Gasteiger partial charge in [0.15, 0.2) is 0 Å². The highest BCUT2D eigenvalue weighted by atomic mass is 16.3. The first-order chi connectivity index (χ1) is 9.53. The number of hydrogen-bond donors (Lipinski definition) is 3. The average molecular weight is 276 g/mol. The molecular weight excluding hydrogens is 252 g/mol. The molecule has 110 valence electrons. The Hall–Kier alpha value is -1.55. The predicted molar refractivity (Wildman–Crippen MR) is 80.8 cm³/mol. The van der Waals surface area contributed by atoms with Gasteiger partial charge in [0, 0.05) is 5.69 Å². The van der Waals surface area contributed by atoms with E-state index in [0.717, 1.165) is 36.9 Å². The van der Waals surface area contributed by atoms with Gasteiger partial charge in [-0.3, -0.25) is 0 Å². The van der Waals surface area contributed by atoms with Crippen LogP contribution in [-0.4, -0.2) is 23.3 Å². The first kappa shape index (κ1) is 14.9. The standard InChI is InChI=1S/C16H24N2O2/c1-12-3-5-14(6-4-12)17-15(20)18-16(11-19)9-7-13(2)8-10-16/h3-6,13,19H,7-11H2,1-2H3,(H2,17,18,20). The monoisotopic (exact) mass is 276 g/mol. The highest BCUT2D eigenvalue weighted by molar-refractivity contribution is 5.89. The Kier molecular flexibility index (Phi) is 4.65. The third kappa shape index (κ3) is 3.73. The Morgan fingerprint density at radius 3 is 2.45 bits per heavy atom. The molecule has 3 N–H and O–H groups in total. The quantitative estimate of drug-likeness (QED) is 0.794. The SMILES string of the molecule is Cc1ccc(NC(=O)NC2(CO)CCC(C)CC2)cc1. The van der Waals surface area contributed by atoms with Crippen LogP contribution in [0.2, 0.25) is 0 Å². The van der Waals surface area contributed by atoms with Crippen LogP contribution in [-0.2, 0) is 0 Å². The maximum atomic E-state index is 12.1. The molecule has 1 aliphatic carbocycles. The second-order valence-corrected chi connectivity index (χ2v) is 6.07. The van der Waals surface area contributed by atoms with E-state index in [0.29, 0.717) is 5.92 Å². The van der Waals surface area contributed by atoms with Crippen molar-refractivity contribution in [3.63, 3.8) is 0 Å². The van der Waals surface area contributed by atoms with Crippen LogP contribution in [0.15, 0.2) is 24.3 Å². The minimum absolute atomic E-state index is 0.00103. The Bertz CT molecular complexity index is 448. The molecular formula is C16H24N2O2. The lowest BCUT2D eigenvalue weighted by atomic mass is 9.77. The summed E-state index contributed by atoms with van der Waals surface area (Å²) >= 11 is 0. The first-order valence-corrected chi connectivity index (χ1v) is 7.30. The second-order valence-electron chi connectivity index (χ2n) is 6.07. The van der Waals surface area contributed by atoms with E-state index in [4.69, 9.17) is 0 Å². The molecule has 1 aliphatic rings. The van der Waals surface area contributed by atoms with Gasteiger partial charge in [0.25, 0.3) is 0 Å². The molecule has 0 aromatic heterocycles. The van der Waals surface area contributed by atoms with Gasteiger partial charge in [-0.15, -0.1) is 0 Å². The molecule has 1 fully saturated rings. The van der Waals surface area contributed by atoms with Gasteiger partial charge in [-0.25, -0.2) is 4.79 Å². The van der Waals surface area contributed by atoms with Crippen LogP contribution in [0.3, 0.4) is 0 Å². The van der Waals surface area contributed by atoms with Gasteiger partial charge < -0.3 is 15.7 Å². The second kappa shape index (κ2) is 6.27. The molecule has 1 aromatic carbocycles. The molecule has 20 heavy (non-hydrogen) atoms. The maximum Gasteiger partial charge on any atom is 0.319 e. The number of rotatable bonds is 3. The summed E-state index contributed by atoms with van der Waals surface area (Å²) in [6, 6.07) is 7.43. The van der Waals surface area contributed by atoms with Crippen LogP contribution in [0.4, 0.5) is 10.5 Å². The number of urea groups is 1. The minimum atomic E-state index is -0.457. The van der Waals surface area contributed by atoms with Crippen LogP contribution >= 0.6 is 0 Å². The predicted octanol–water partition coefficient (Wildman–Crippen LogP) is 3.06. The average Bonchev–Trinajstić information content (AvgIpc) is 2.44. The molecule has 0 spiro atoms. The van der Waals surface area contributed by atoms with E-state index < -0.39 is 5.54 Å². The summed E-state index contributed by atoms with van der Waals surface area (Å²) in [4.78, 5) is 12.1. The van der Waals surface area contributed by atoms with Gasteiger partial charge in [0.2, 0.25) is 0 Å². The zero-order valence-electron chi connectivity index (χ0n) is 12.3. The summed E-state index contributed by atoms with van der Waals surface area (Å²) in [6.45, 7) is 4.22. The normalized spacial score (nSPS) is 26.1. The molecule has 4 nitrogen and oxygen atoms in total. The zero-order valence-corrected chi connectivity index (χ0v) is 12.3. The lowest BCUT2D eigenvalue weighted by Gasteiger charge is -2.38. The van der Waals surface area contributed by atoms with Gasteiger partial charge in [0.1, 0.15) is 0 Å². The van der Waals surface area contributed by atoms with Crippen molar-refractivity contribution >= 4 is 11.7 Å². The lowest BCUT2D eigenvalue weighted by molar-refractivity contribution is 0.113. The molecule has 0 unspecified atom stereocenters. The minimum Gasteiger partial charge on any atom is -0.394 e. The fraction of sp³-hybridized carbons (Fsp3) is 0.562. The van der Waals surface area contributed by atoms with Crippen LogP contribution in [0.1, 0.15) is 38.2 Å². The molecule has 0 saturated heterocycles. The molecule has 0 heterocycles. The van der Waals surface area contributed by atoms with Crippen LogP contribution < -0.4 is 10.6 Å². The Labute approximate surface area is 120 Å². The van der Waals surface area contributed by atoms with Gasteiger partial charge in [0.05, 0.1) is 12.1 Å². The summed E-state index contributed by atoms with van der Waals surface area (Å²) in [5.41, 5.74) is 1.47. The highest BCUT2D eigenvalue weighted by Gasteiger charge is 2.34. The van der Waals surface area contributed by atoms with Gasteiger partial charge in [-0.05, 0) is 50.7 Å². The smallest absolute Gasteiger partial charge is 0.319 e. The number of aliphatic hydroxyl groups is 1. The van der Waals surface area contributed by atoms with E-state index >= 15 is 0 Å². The third-order valence-electron chi connectivity index (χ3n) is 4.22. The summed E-state index contributed by atoms with van der Waals surface area (Å²) in [5, 5.41) is 15.4. The van der Waals surface area contributed by atoms with Crippen molar-refractivity contribution in [2.45, 2.75) is 45.1 Å². The molecule has 1 saturated carbocycles. The number of aliphatic hydroxyl groups excluding tert-OH is 1. The van der Waals surface area contributed by atoms with Crippen molar-refractivity contribution < 1.29 is 9.90 Å². The molecule has 0 atom stereocenters. The number of amides is 2. The fourth-order valence-corrected chi connectivity index (χ4v) is 2.68. The lowest BCUT2D eigenvalue weighted by Crippen LogP contribution is -2.54. The van der Waals surface area contributed by atoms with Crippen molar-refractivity contribution in [1.82, 2.24) is 5.32 Å². The Morgan fingerprint density at radius 1 is 1.30 bits per heavy atom. The Morgan fingerprint density at radius 2 is 1.90 bits per heavy atom. The van der Waals surface area contributed by atoms with Crippen LogP contribution in [0.25, 0.3) is 0 Å². The number of aryl methyl sites for hydroxylation is 1. The van der Waals surface area contributed by atoms with Crippen molar-refractivity contribution in [2.24, 2.45) is 5.92 Å². The number of anilines is 1. The molecule has 2 amide bonds. The topological polar surface area (TPSA) is 61.4 Å². The van der Waals surface area contributed by atoms with Crippen molar-refractivity contribution in [3.8, 4) is 0 Å². The van der Waals surface area contributed by atoms with Gasteiger partial charge in [-0.1, -0.05) is 24.6 Å². The summed E-state index contributed by atoms with van der Waals surface area (Å²) in [7, 11) is 0. The zero-order chi connectivity index (χ0) is 14.6. The van der Waals surface area contributed by atoms with Crippen LogP contribution in [0, 0.1) is 12.8 Å². The first-order valence-electron chi connectivity index (χ1n) is 7.30. The summed E-state index contributed by atoms with van der Waals surface area (Å²) < 4.78 is 0. The number of benzene rings is 1. The molecule has 4 heteroatoms. The van der Waals surface area contributed by atoms with Crippen molar-refractivity contribution in [1.29, 1.82) is 0 Å². The molecule has 1 aromatic rings. The van der Waals surface area contributed by atoms with E-state index in [1.54, 1.807) is 0 Å². The number of carbonyl (C=O) groups is 1. The highest BCUT2D eigenvalue weighted by Crippen LogP contribution is 2.31. The van der Waals surface area contributed by atoms with Crippen molar-refractivity contribution in [2.75, 3.05) is 11.9 Å². The van der Waals surface area contributed by atoms with Gasteiger partial charge >= 0.3 is 6.03 Å². The van der Waals surface area contributed by atoms with E-state index in [9.17, 15) is 9.90 Å². The van der Waals surface area contributed by atoms with Crippen molar-refractivity contribution in [3.05, 3.63) is 29.8 Å². The van der Waals surface area contributed by atoms with E-state index in [-0.39, 0.29) is 12.6 Å². The molecule has 2 rings (SSSR count). The number of nitrogens with one attached hydrogen (secondary N) is 2. The van der Waals surface area contributed by atoms with E-state index in [2.05, 4.69) is 17.6 Å². The molecule has 0 aliphatic heterocycles. The Balaban J connectivity index is 1.94. The van der Waals surface area contributed by atoms with Gasteiger partial charge in [-0.2, -0.15) is 0 Å². The summed E-state index contributed by atoms with van der Waals surface area (Å²) in [5.74, 6) is 0.677. The van der Waals surface area contributed by atoms with E-state index in [1.165, 1.54) is 0 Å². The fourth-order valence-electron chi connectivity index (χ4n) is 2.68. The molecule has 0 bridgehead atoms. The largest absolute Gasteiger partial charge is 0.394 e. The summed E-state index contributed by atoms with van der Waals surface area (Å²) in [6.07, 6.45) is 3.77. The van der Waals surface area contributed by atoms with E-state index in [1.807, 2.05) is 31.2 Å².